The van der Waals surface area contributed by atoms with E-state index in [1.807, 2.05) is 19.1 Å². The summed E-state index contributed by atoms with van der Waals surface area (Å²) in [6.45, 7) is 6.72. The molecule has 0 radical (unpaired) electrons. The highest BCUT2D eigenvalue weighted by molar-refractivity contribution is 8.14. The lowest BCUT2D eigenvalue weighted by molar-refractivity contribution is -0.0576. The summed E-state index contributed by atoms with van der Waals surface area (Å²) in [7, 11) is -3.77. The third-order valence-corrected chi connectivity index (χ3v) is 12.1. The van der Waals surface area contributed by atoms with E-state index >= 15 is 0 Å². The van der Waals surface area contributed by atoms with Gasteiger partial charge in [0.1, 0.15) is 0 Å². The number of thioether (sulfide) groups is 1. The minimum absolute atomic E-state index is 0.0949. The molecule has 0 spiro atoms. The molecule has 0 aromatic heterocycles. The van der Waals surface area contributed by atoms with Crippen LogP contribution in [-0.4, -0.2) is 24.9 Å². The molecule has 0 amide bonds. The van der Waals surface area contributed by atoms with Gasteiger partial charge in [-0.05, 0) is 99.0 Å². The highest BCUT2D eigenvalue weighted by Crippen LogP contribution is 2.65. The van der Waals surface area contributed by atoms with Crippen LogP contribution in [-0.2, 0) is 14.3 Å². The van der Waals surface area contributed by atoms with Crippen molar-refractivity contribution in [3.8, 4) is 0 Å². The third kappa shape index (κ3) is 4.05. The largest absolute Gasteiger partial charge is 0.379 e. The fourth-order valence-corrected chi connectivity index (χ4v) is 9.99. The van der Waals surface area contributed by atoms with Crippen LogP contribution in [0.15, 0.2) is 40.8 Å². The smallest absolute Gasteiger partial charge is 0.297 e. The van der Waals surface area contributed by atoms with Crippen LogP contribution in [0.4, 0.5) is 0 Å². The average molecular weight is 503 g/mol. The van der Waals surface area contributed by atoms with Gasteiger partial charge in [-0.2, -0.15) is 8.42 Å². The molecule has 0 unspecified atom stereocenters. The number of amidine groups is 1. The SMILES string of the molecule is Cc1ccc(S(=O)(=O)O[C@@H]2CC[C@H]3[C@@H]4CC=C5C[C@@H](SC(=N)N)CC[C@]5(C)[C@H]4CC[C@]23C)cc1. The van der Waals surface area contributed by atoms with Gasteiger partial charge in [-0.3, -0.25) is 9.59 Å². The Hall–Kier alpha value is -1.31. The second kappa shape index (κ2) is 8.67. The standard InChI is InChI=1S/C27H38N2O3S2/c1-17-4-7-20(8-5-17)34(30,31)32-24-11-10-22-21-9-6-18-16-19(33-25(28)29)12-14-26(18,2)23(21)13-15-27(22,24)3/h4-8,19,21-24H,9-16H2,1-3H3,(H3,28,29)/t19-,21-,22-,23-,24+,26-,27-/m0/s1. The summed E-state index contributed by atoms with van der Waals surface area (Å²) in [5.41, 5.74) is 8.43. The van der Waals surface area contributed by atoms with Crippen molar-refractivity contribution in [3.05, 3.63) is 41.5 Å². The summed E-state index contributed by atoms with van der Waals surface area (Å²) in [4.78, 5) is 0.261. The van der Waals surface area contributed by atoms with Gasteiger partial charge in [0.05, 0.1) is 11.0 Å². The summed E-state index contributed by atoms with van der Waals surface area (Å²) in [5.74, 6) is 1.75. The zero-order valence-corrected chi connectivity index (χ0v) is 22.2. The molecule has 5 nitrogen and oxygen atoms in total. The lowest BCUT2D eigenvalue weighted by Gasteiger charge is -2.58. The number of nitrogens with one attached hydrogen (secondary N) is 1. The first kappa shape index (κ1) is 24.4. The second-order valence-electron chi connectivity index (χ2n) is 11.6. The van der Waals surface area contributed by atoms with Gasteiger partial charge >= 0.3 is 0 Å². The Balaban J connectivity index is 1.35. The summed E-state index contributed by atoms with van der Waals surface area (Å²) in [6.07, 6.45) is 10.7. The Morgan fingerprint density at radius 3 is 2.53 bits per heavy atom. The van der Waals surface area contributed by atoms with Gasteiger partial charge in [-0.15, -0.1) is 0 Å². The number of rotatable bonds is 4. The zero-order chi connectivity index (χ0) is 24.3. The van der Waals surface area contributed by atoms with Crippen molar-refractivity contribution in [2.24, 2.45) is 34.3 Å². The number of aryl methyl sites for hydroxylation is 1. The van der Waals surface area contributed by atoms with Crippen molar-refractivity contribution in [3.63, 3.8) is 0 Å². The van der Waals surface area contributed by atoms with Crippen LogP contribution in [0, 0.1) is 40.9 Å². The number of nitrogens with two attached hydrogens (primary N) is 1. The number of benzene rings is 1. The van der Waals surface area contributed by atoms with Crippen LogP contribution in [0.2, 0.25) is 0 Å². The Labute approximate surface area is 208 Å². The van der Waals surface area contributed by atoms with Gasteiger partial charge < -0.3 is 5.73 Å². The van der Waals surface area contributed by atoms with E-state index in [0.717, 1.165) is 56.9 Å². The van der Waals surface area contributed by atoms with Crippen molar-refractivity contribution in [2.45, 2.75) is 88.4 Å². The molecule has 7 heteroatoms. The van der Waals surface area contributed by atoms with Gasteiger partial charge in [0.25, 0.3) is 10.1 Å². The monoisotopic (exact) mass is 502 g/mol. The molecule has 3 saturated carbocycles. The highest BCUT2D eigenvalue weighted by atomic mass is 32.2. The molecule has 1 aromatic carbocycles. The molecule has 4 aliphatic carbocycles. The molecule has 3 N–H and O–H groups in total. The lowest BCUT2D eigenvalue weighted by Crippen LogP contribution is -2.51. The van der Waals surface area contributed by atoms with Crippen molar-refractivity contribution in [1.82, 2.24) is 0 Å². The molecule has 186 valence electrons. The van der Waals surface area contributed by atoms with E-state index in [9.17, 15) is 8.42 Å². The molecule has 0 bridgehead atoms. The van der Waals surface area contributed by atoms with Crippen LogP contribution in [0.3, 0.4) is 0 Å². The Kier molecular flexibility index (Phi) is 6.22. The maximum atomic E-state index is 13.1. The maximum absolute atomic E-state index is 13.1. The van der Waals surface area contributed by atoms with E-state index in [-0.39, 0.29) is 27.0 Å². The number of hydrogen-bond acceptors (Lipinski definition) is 5. The van der Waals surface area contributed by atoms with E-state index in [0.29, 0.717) is 23.0 Å². The first-order valence-electron chi connectivity index (χ1n) is 12.7. The van der Waals surface area contributed by atoms with E-state index in [1.54, 1.807) is 17.7 Å². The van der Waals surface area contributed by atoms with Crippen molar-refractivity contribution >= 4 is 27.0 Å². The molecule has 7 atom stereocenters. The van der Waals surface area contributed by atoms with Gasteiger partial charge in [0.15, 0.2) is 5.17 Å². The minimum Gasteiger partial charge on any atom is -0.379 e. The molecule has 1 aromatic rings. The lowest BCUT2D eigenvalue weighted by atomic mass is 9.48. The number of fused-ring (bicyclic) bond motifs is 5. The third-order valence-electron chi connectivity index (χ3n) is 9.82. The predicted octanol–water partition coefficient (Wildman–Crippen LogP) is 6.03. The van der Waals surface area contributed by atoms with Crippen LogP contribution in [0.5, 0.6) is 0 Å². The molecule has 3 fully saturated rings. The Morgan fingerprint density at radius 2 is 1.82 bits per heavy atom. The van der Waals surface area contributed by atoms with Gasteiger partial charge in [0.2, 0.25) is 0 Å². The average Bonchev–Trinajstić information content (AvgIpc) is 3.09. The van der Waals surface area contributed by atoms with Gasteiger partial charge in [0, 0.05) is 5.25 Å². The fraction of sp³-hybridized carbons (Fsp3) is 0.667. The molecule has 0 heterocycles. The summed E-state index contributed by atoms with van der Waals surface area (Å²) >= 11 is 1.53. The fourth-order valence-electron chi connectivity index (χ4n) is 7.93. The molecule has 5 rings (SSSR count). The summed E-state index contributed by atoms with van der Waals surface area (Å²) < 4.78 is 32.2. The van der Waals surface area contributed by atoms with Crippen LogP contribution in [0.25, 0.3) is 0 Å². The van der Waals surface area contributed by atoms with Crippen molar-refractivity contribution in [2.75, 3.05) is 0 Å². The zero-order valence-electron chi connectivity index (χ0n) is 20.5. The predicted molar refractivity (Wildman–Crippen MR) is 138 cm³/mol. The summed E-state index contributed by atoms with van der Waals surface area (Å²) in [5, 5.41) is 8.33. The molecule has 4 aliphatic rings. The molecule has 0 aliphatic heterocycles. The van der Waals surface area contributed by atoms with E-state index in [4.69, 9.17) is 15.3 Å². The van der Waals surface area contributed by atoms with Crippen LogP contribution in [0.1, 0.15) is 70.8 Å². The molecule has 34 heavy (non-hydrogen) atoms. The Morgan fingerprint density at radius 1 is 1.09 bits per heavy atom. The Bertz CT molecular complexity index is 1100. The van der Waals surface area contributed by atoms with E-state index in [1.165, 1.54) is 11.8 Å². The van der Waals surface area contributed by atoms with Gasteiger partial charge in [-0.25, -0.2) is 0 Å². The van der Waals surface area contributed by atoms with Crippen molar-refractivity contribution < 1.29 is 12.6 Å². The quantitative estimate of drug-likeness (QED) is 0.227. The normalized spacial score (nSPS) is 39.5. The van der Waals surface area contributed by atoms with Crippen LogP contribution < -0.4 is 5.73 Å². The molecular formula is C27H38N2O3S2. The van der Waals surface area contributed by atoms with E-state index in [2.05, 4.69) is 19.9 Å². The molecular weight excluding hydrogens is 464 g/mol. The highest BCUT2D eigenvalue weighted by Gasteiger charge is 2.59. The summed E-state index contributed by atoms with van der Waals surface area (Å²) in [6, 6.07) is 6.98. The van der Waals surface area contributed by atoms with E-state index < -0.39 is 10.1 Å². The number of hydrogen-bond donors (Lipinski definition) is 2. The topological polar surface area (TPSA) is 93.2 Å². The second-order valence-corrected chi connectivity index (χ2v) is 14.5. The van der Waals surface area contributed by atoms with Crippen LogP contribution >= 0.6 is 11.8 Å². The van der Waals surface area contributed by atoms with Gasteiger partial charge in [-0.1, -0.05) is 55.0 Å². The maximum Gasteiger partial charge on any atom is 0.297 e. The molecule has 0 saturated heterocycles. The number of allylic oxidation sites excluding steroid dienone is 2. The van der Waals surface area contributed by atoms with Crippen molar-refractivity contribution in [1.29, 1.82) is 5.41 Å². The first-order chi connectivity index (χ1) is 16.0. The minimum atomic E-state index is -3.77. The first-order valence-corrected chi connectivity index (χ1v) is 15.0.